The number of hydrogen-bond acceptors (Lipinski definition) is 3. The lowest BCUT2D eigenvalue weighted by Crippen LogP contribution is -2.31. The molecule has 1 aliphatic rings. The molecule has 78 valence electrons. The summed E-state index contributed by atoms with van der Waals surface area (Å²) in [6, 6.07) is 0. The van der Waals surface area contributed by atoms with Crippen molar-refractivity contribution in [1.82, 2.24) is 5.32 Å². The van der Waals surface area contributed by atoms with Gasteiger partial charge in [0.1, 0.15) is 0 Å². The molecule has 1 aliphatic heterocycles. The number of carbonyl (C=O) groups is 1. The van der Waals surface area contributed by atoms with E-state index in [4.69, 9.17) is 10.2 Å². The van der Waals surface area contributed by atoms with Gasteiger partial charge in [-0.05, 0) is 18.9 Å². The molecule has 0 aromatic carbocycles. The first-order valence-corrected chi connectivity index (χ1v) is 4.49. The highest BCUT2D eigenvalue weighted by molar-refractivity contribution is 5.75. The standard InChI is InChI=1S/C9H14N2O3/c12-7-4-9(2-1-5-11-9)3-6-10-8(13)14/h1-2,5,10,12H,3-4,6-7H2,(H,13,14). The van der Waals surface area contributed by atoms with Crippen LogP contribution < -0.4 is 5.32 Å². The molecule has 0 saturated carbocycles. The van der Waals surface area contributed by atoms with E-state index < -0.39 is 11.6 Å². The van der Waals surface area contributed by atoms with Crippen LogP contribution in [0.3, 0.4) is 0 Å². The number of aliphatic hydroxyl groups excluding tert-OH is 1. The normalized spacial score (nSPS) is 24.1. The molecule has 0 saturated heterocycles. The summed E-state index contributed by atoms with van der Waals surface area (Å²) in [5, 5.41) is 19.5. The molecule has 0 spiro atoms. The summed E-state index contributed by atoms with van der Waals surface area (Å²) < 4.78 is 0. The number of nitrogens with one attached hydrogen (secondary N) is 1. The minimum absolute atomic E-state index is 0.0503. The Kier molecular flexibility index (Phi) is 3.64. The molecule has 3 N–H and O–H groups in total. The molecule has 0 aromatic heterocycles. The number of aliphatic imine (C=N–C) groups is 1. The Morgan fingerprint density at radius 3 is 2.79 bits per heavy atom. The van der Waals surface area contributed by atoms with Crippen molar-refractivity contribution in [3.63, 3.8) is 0 Å². The fourth-order valence-corrected chi connectivity index (χ4v) is 1.46. The van der Waals surface area contributed by atoms with Gasteiger partial charge in [-0.1, -0.05) is 6.08 Å². The van der Waals surface area contributed by atoms with Gasteiger partial charge in [0, 0.05) is 19.4 Å². The van der Waals surface area contributed by atoms with E-state index in [1.54, 1.807) is 6.21 Å². The van der Waals surface area contributed by atoms with E-state index in [-0.39, 0.29) is 6.61 Å². The fourth-order valence-electron chi connectivity index (χ4n) is 1.46. The summed E-state index contributed by atoms with van der Waals surface area (Å²) in [6.07, 6.45) is 5.46. The highest BCUT2D eigenvalue weighted by Gasteiger charge is 2.26. The maximum atomic E-state index is 10.2. The van der Waals surface area contributed by atoms with Crippen molar-refractivity contribution in [1.29, 1.82) is 0 Å². The lowest BCUT2D eigenvalue weighted by atomic mass is 9.93. The average molecular weight is 198 g/mol. The average Bonchev–Trinajstić information content (AvgIpc) is 2.53. The lowest BCUT2D eigenvalue weighted by Gasteiger charge is -2.22. The van der Waals surface area contributed by atoms with Gasteiger partial charge in [-0.25, -0.2) is 4.79 Å². The Labute approximate surface area is 82.2 Å². The van der Waals surface area contributed by atoms with Crippen molar-refractivity contribution in [2.45, 2.75) is 18.4 Å². The molecule has 5 heteroatoms. The molecule has 0 bridgehead atoms. The third kappa shape index (κ3) is 2.85. The number of hydrogen-bond donors (Lipinski definition) is 3. The van der Waals surface area contributed by atoms with Gasteiger partial charge in [-0.15, -0.1) is 0 Å². The number of rotatable bonds is 5. The third-order valence-corrected chi connectivity index (χ3v) is 2.20. The Hall–Kier alpha value is -1.36. The van der Waals surface area contributed by atoms with Crippen molar-refractivity contribution in [2.75, 3.05) is 13.2 Å². The van der Waals surface area contributed by atoms with Crippen LogP contribution in [-0.4, -0.2) is 41.2 Å². The van der Waals surface area contributed by atoms with Crippen LogP contribution in [0, 0.1) is 0 Å². The first-order chi connectivity index (χ1) is 6.68. The van der Waals surface area contributed by atoms with Crippen molar-refractivity contribution in [3.8, 4) is 0 Å². The molecule has 1 amide bonds. The zero-order valence-electron chi connectivity index (χ0n) is 7.81. The molecule has 1 unspecified atom stereocenters. The highest BCUT2D eigenvalue weighted by Crippen LogP contribution is 2.24. The minimum Gasteiger partial charge on any atom is -0.465 e. The monoisotopic (exact) mass is 198 g/mol. The van der Waals surface area contributed by atoms with Crippen LogP contribution >= 0.6 is 0 Å². The molecule has 14 heavy (non-hydrogen) atoms. The lowest BCUT2D eigenvalue weighted by molar-refractivity contribution is 0.193. The largest absolute Gasteiger partial charge is 0.465 e. The van der Waals surface area contributed by atoms with E-state index in [2.05, 4.69) is 10.3 Å². The van der Waals surface area contributed by atoms with E-state index in [0.717, 1.165) is 0 Å². The highest BCUT2D eigenvalue weighted by atomic mass is 16.4. The molecule has 1 atom stereocenters. The van der Waals surface area contributed by atoms with Gasteiger partial charge >= 0.3 is 6.09 Å². The number of amides is 1. The predicted molar refractivity (Wildman–Crippen MR) is 52.7 cm³/mol. The Balaban J connectivity index is 2.41. The summed E-state index contributed by atoms with van der Waals surface area (Å²) in [6.45, 7) is 0.395. The summed E-state index contributed by atoms with van der Waals surface area (Å²) in [5.41, 5.74) is -0.406. The molecular weight excluding hydrogens is 184 g/mol. The van der Waals surface area contributed by atoms with Gasteiger partial charge in [-0.2, -0.15) is 0 Å². The van der Waals surface area contributed by atoms with Gasteiger partial charge in [0.05, 0.1) is 5.54 Å². The maximum Gasteiger partial charge on any atom is 0.404 e. The maximum absolute atomic E-state index is 10.2. The van der Waals surface area contributed by atoms with Gasteiger partial charge < -0.3 is 15.5 Å². The van der Waals surface area contributed by atoms with Crippen LogP contribution in [-0.2, 0) is 0 Å². The Bertz CT molecular complexity index is 249. The van der Waals surface area contributed by atoms with Crippen LogP contribution in [0.5, 0.6) is 0 Å². The number of nitrogens with zero attached hydrogens (tertiary/aromatic N) is 1. The van der Waals surface area contributed by atoms with Crippen LogP contribution in [0.1, 0.15) is 12.8 Å². The van der Waals surface area contributed by atoms with Crippen LogP contribution in [0.4, 0.5) is 4.79 Å². The van der Waals surface area contributed by atoms with Crippen LogP contribution in [0.2, 0.25) is 0 Å². The van der Waals surface area contributed by atoms with E-state index in [1.807, 2.05) is 12.2 Å². The first-order valence-electron chi connectivity index (χ1n) is 4.49. The fraction of sp³-hybridized carbons (Fsp3) is 0.556. The molecule has 0 aliphatic carbocycles. The van der Waals surface area contributed by atoms with Gasteiger partial charge in [-0.3, -0.25) is 4.99 Å². The SMILES string of the molecule is O=C(O)NCCC1(CCO)C=CC=N1. The molecule has 1 rings (SSSR count). The molecule has 0 fully saturated rings. The van der Waals surface area contributed by atoms with E-state index >= 15 is 0 Å². The van der Waals surface area contributed by atoms with E-state index in [1.165, 1.54) is 0 Å². The quantitative estimate of drug-likeness (QED) is 0.598. The van der Waals surface area contributed by atoms with Crippen LogP contribution in [0.25, 0.3) is 0 Å². The molecule has 0 radical (unpaired) electrons. The topological polar surface area (TPSA) is 81.9 Å². The van der Waals surface area contributed by atoms with Crippen molar-refractivity contribution < 1.29 is 15.0 Å². The zero-order chi connectivity index (χ0) is 10.4. The molecule has 0 aromatic rings. The molecular formula is C9H14N2O3. The first kappa shape index (κ1) is 10.7. The Morgan fingerprint density at radius 1 is 1.50 bits per heavy atom. The van der Waals surface area contributed by atoms with Gasteiger partial charge in [0.2, 0.25) is 0 Å². The second kappa shape index (κ2) is 4.76. The van der Waals surface area contributed by atoms with Crippen molar-refractivity contribution >= 4 is 12.3 Å². The van der Waals surface area contributed by atoms with Crippen molar-refractivity contribution in [3.05, 3.63) is 12.2 Å². The van der Waals surface area contributed by atoms with Crippen molar-refractivity contribution in [2.24, 2.45) is 4.99 Å². The van der Waals surface area contributed by atoms with E-state index in [9.17, 15) is 4.79 Å². The second-order valence-electron chi connectivity index (χ2n) is 3.20. The van der Waals surface area contributed by atoms with Gasteiger partial charge in [0.15, 0.2) is 0 Å². The third-order valence-electron chi connectivity index (χ3n) is 2.20. The van der Waals surface area contributed by atoms with Crippen LogP contribution in [0.15, 0.2) is 17.1 Å². The minimum atomic E-state index is -1.03. The predicted octanol–water partition coefficient (Wildman–Crippen LogP) is 0.406. The van der Waals surface area contributed by atoms with E-state index in [0.29, 0.717) is 19.4 Å². The summed E-state index contributed by atoms with van der Waals surface area (Å²) in [7, 11) is 0. The molecule has 5 nitrogen and oxygen atoms in total. The summed E-state index contributed by atoms with van der Waals surface area (Å²) in [4.78, 5) is 14.4. The van der Waals surface area contributed by atoms with Gasteiger partial charge in [0.25, 0.3) is 0 Å². The number of allylic oxidation sites excluding steroid dienone is 1. The summed E-state index contributed by atoms with van der Waals surface area (Å²) in [5.74, 6) is 0. The number of aliphatic hydroxyl groups is 1. The summed E-state index contributed by atoms with van der Waals surface area (Å²) >= 11 is 0. The smallest absolute Gasteiger partial charge is 0.404 e. The molecule has 1 heterocycles. The zero-order valence-corrected chi connectivity index (χ0v) is 7.81. The Morgan fingerprint density at radius 2 is 2.29 bits per heavy atom. The number of carboxylic acid groups (broad SMARTS) is 1. The second-order valence-corrected chi connectivity index (χ2v) is 3.20.